The van der Waals surface area contributed by atoms with Crippen molar-refractivity contribution in [2.24, 2.45) is 0 Å². The molecule has 0 saturated carbocycles. The van der Waals surface area contributed by atoms with Gasteiger partial charge in [0.2, 0.25) is 5.88 Å². The zero-order valence-corrected chi connectivity index (χ0v) is 8.85. The van der Waals surface area contributed by atoms with Crippen LogP contribution >= 0.6 is 15.9 Å². The second-order valence-corrected chi connectivity index (χ2v) is 3.41. The number of nitrogens with zero attached hydrogens (tertiary/aromatic N) is 1. The van der Waals surface area contributed by atoms with Gasteiger partial charge in [-0.05, 0) is 22.0 Å². The fourth-order valence-corrected chi connectivity index (χ4v) is 1.29. The number of carboxylic acid groups (broad SMARTS) is 1. The average Bonchev–Trinajstić information content (AvgIpc) is 2.16. The number of pyridine rings is 1. The van der Waals surface area contributed by atoms with Crippen LogP contribution in [-0.2, 0) is 4.79 Å². The molecule has 0 fully saturated rings. The molecule has 1 heterocycles. The van der Waals surface area contributed by atoms with Crippen LogP contribution in [0.15, 0.2) is 16.7 Å². The monoisotopic (exact) mass is 261 g/mol. The normalized spacial score (nSPS) is 12.2. The third kappa shape index (κ3) is 2.21. The van der Waals surface area contributed by atoms with Gasteiger partial charge in [-0.3, -0.25) is 0 Å². The van der Waals surface area contributed by atoms with Crippen molar-refractivity contribution in [1.29, 1.82) is 0 Å². The molecule has 5 nitrogen and oxygen atoms in total. The molecule has 1 aromatic rings. The standard InChI is InChI=1S/C8H8BrNO4/c1-14-7-5(6(11)8(12)13)2-4(9)3-10-7/h2-3,6,11H,1H3,(H,12,13). The van der Waals surface area contributed by atoms with Crippen molar-refractivity contribution < 1.29 is 19.7 Å². The Balaban J connectivity index is 3.16. The zero-order valence-electron chi connectivity index (χ0n) is 7.27. The van der Waals surface area contributed by atoms with Gasteiger partial charge in [-0.1, -0.05) is 0 Å². The zero-order chi connectivity index (χ0) is 10.7. The maximum Gasteiger partial charge on any atom is 0.337 e. The molecule has 0 aliphatic rings. The SMILES string of the molecule is COc1ncc(Br)cc1C(O)C(=O)O. The highest BCUT2D eigenvalue weighted by Crippen LogP contribution is 2.25. The lowest BCUT2D eigenvalue weighted by atomic mass is 10.1. The lowest BCUT2D eigenvalue weighted by Crippen LogP contribution is -2.12. The minimum absolute atomic E-state index is 0.100. The first kappa shape index (κ1) is 10.9. The molecule has 1 atom stereocenters. The Morgan fingerprint density at radius 3 is 2.86 bits per heavy atom. The van der Waals surface area contributed by atoms with Crippen LogP contribution < -0.4 is 4.74 Å². The second kappa shape index (κ2) is 4.39. The quantitative estimate of drug-likeness (QED) is 0.848. The van der Waals surface area contributed by atoms with Crippen LogP contribution in [0.25, 0.3) is 0 Å². The van der Waals surface area contributed by atoms with Gasteiger partial charge in [0.25, 0.3) is 0 Å². The highest BCUT2D eigenvalue weighted by atomic mass is 79.9. The van der Waals surface area contributed by atoms with E-state index in [1.165, 1.54) is 19.4 Å². The van der Waals surface area contributed by atoms with E-state index in [9.17, 15) is 9.90 Å². The number of carboxylic acids is 1. The largest absolute Gasteiger partial charge is 0.481 e. The lowest BCUT2D eigenvalue weighted by molar-refractivity contribution is -0.147. The first-order valence-corrected chi connectivity index (χ1v) is 4.46. The lowest BCUT2D eigenvalue weighted by Gasteiger charge is -2.09. The van der Waals surface area contributed by atoms with Crippen molar-refractivity contribution in [2.75, 3.05) is 7.11 Å². The Labute approximate surface area is 88.5 Å². The molecular formula is C8H8BrNO4. The van der Waals surface area contributed by atoms with Gasteiger partial charge < -0.3 is 14.9 Å². The van der Waals surface area contributed by atoms with Crippen LogP contribution in [0, 0.1) is 0 Å². The highest BCUT2D eigenvalue weighted by molar-refractivity contribution is 9.10. The van der Waals surface area contributed by atoms with Gasteiger partial charge in [0, 0.05) is 10.7 Å². The van der Waals surface area contributed by atoms with Gasteiger partial charge in [-0.15, -0.1) is 0 Å². The molecule has 2 N–H and O–H groups in total. The van der Waals surface area contributed by atoms with Crippen LogP contribution in [0.5, 0.6) is 5.88 Å². The Kier molecular flexibility index (Phi) is 3.43. The van der Waals surface area contributed by atoms with E-state index in [4.69, 9.17) is 9.84 Å². The molecule has 0 amide bonds. The molecule has 1 aromatic heterocycles. The Bertz CT molecular complexity index is 355. The molecule has 14 heavy (non-hydrogen) atoms. The number of aliphatic carboxylic acids is 1. The van der Waals surface area contributed by atoms with E-state index in [0.29, 0.717) is 4.47 Å². The number of aliphatic hydroxyl groups excluding tert-OH is 1. The molecule has 0 aliphatic heterocycles. The number of hydrogen-bond acceptors (Lipinski definition) is 4. The van der Waals surface area contributed by atoms with Crippen LogP contribution in [0.2, 0.25) is 0 Å². The van der Waals surface area contributed by atoms with E-state index in [1.54, 1.807) is 0 Å². The summed E-state index contributed by atoms with van der Waals surface area (Å²) in [4.78, 5) is 14.3. The van der Waals surface area contributed by atoms with Crippen molar-refractivity contribution in [1.82, 2.24) is 4.98 Å². The first-order valence-electron chi connectivity index (χ1n) is 3.66. The molecular weight excluding hydrogens is 254 g/mol. The van der Waals surface area contributed by atoms with Crippen LogP contribution in [-0.4, -0.2) is 28.3 Å². The first-order chi connectivity index (χ1) is 6.56. The minimum atomic E-state index is -1.63. The number of ether oxygens (including phenoxy) is 1. The fourth-order valence-electron chi connectivity index (χ4n) is 0.942. The Hall–Kier alpha value is -1.14. The predicted molar refractivity (Wildman–Crippen MR) is 51.1 cm³/mol. The number of rotatable bonds is 3. The van der Waals surface area contributed by atoms with E-state index in [2.05, 4.69) is 20.9 Å². The Morgan fingerprint density at radius 1 is 1.71 bits per heavy atom. The van der Waals surface area contributed by atoms with E-state index in [-0.39, 0.29) is 11.4 Å². The minimum Gasteiger partial charge on any atom is -0.481 e. The molecule has 0 saturated heterocycles. The molecule has 0 spiro atoms. The molecule has 76 valence electrons. The molecule has 1 unspecified atom stereocenters. The predicted octanol–water partition coefficient (Wildman–Crippen LogP) is 0.971. The van der Waals surface area contributed by atoms with Crippen molar-refractivity contribution in [2.45, 2.75) is 6.10 Å². The highest BCUT2D eigenvalue weighted by Gasteiger charge is 2.21. The molecule has 0 aromatic carbocycles. The average molecular weight is 262 g/mol. The molecule has 0 aliphatic carbocycles. The third-order valence-electron chi connectivity index (χ3n) is 1.57. The summed E-state index contributed by atoms with van der Waals surface area (Å²) < 4.78 is 5.39. The number of methoxy groups -OCH3 is 1. The number of carbonyl (C=O) groups is 1. The molecule has 0 radical (unpaired) electrons. The van der Waals surface area contributed by atoms with Crippen molar-refractivity contribution in [3.05, 3.63) is 22.3 Å². The summed E-state index contributed by atoms with van der Waals surface area (Å²) >= 11 is 3.12. The number of hydrogen-bond donors (Lipinski definition) is 2. The van der Waals surface area contributed by atoms with E-state index in [1.807, 2.05) is 0 Å². The molecule has 6 heteroatoms. The summed E-state index contributed by atoms with van der Waals surface area (Å²) in [5.41, 5.74) is 0.120. The van der Waals surface area contributed by atoms with Gasteiger partial charge in [0.15, 0.2) is 6.10 Å². The summed E-state index contributed by atoms with van der Waals surface area (Å²) in [6, 6.07) is 1.45. The summed E-state index contributed by atoms with van der Waals surface area (Å²) in [5.74, 6) is -1.24. The van der Waals surface area contributed by atoms with Crippen LogP contribution in [0.1, 0.15) is 11.7 Å². The van der Waals surface area contributed by atoms with Crippen molar-refractivity contribution >= 4 is 21.9 Å². The van der Waals surface area contributed by atoms with Gasteiger partial charge >= 0.3 is 5.97 Å². The van der Waals surface area contributed by atoms with Crippen molar-refractivity contribution in [3.63, 3.8) is 0 Å². The number of halogens is 1. The van der Waals surface area contributed by atoms with Gasteiger partial charge in [0.1, 0.15) is 0 Å². The summed E-state index contributed by atoms with van der Waals surface area (Å²) in [7, 11) is 1.36. The maximum absolute atomic E-state index is 10.5. The number of aliphatic hydroxyl groups is 1. The molecule has 0 bridgehead atoms. The van der Waals surface area contributed by atoms with Crippen LogP contribution in [0.3, 0.4) is 0 Å². The van der Waals surface area contributed by atoms with Crippen LogP contribution in [0.4, 0.5) is 0 Å². The van der Waals surface area contributed by atoms with E-state index < -0.39 is 12.1 Å². The van der Waals surface area contributed by atoms with E-state index in [0.717, 1.165) is 0 Å². The number of aromatic nitrogens is 1. The smallest absolute Gasteiger partial charge is 0.337 e. The fraction of sp³-hybridized carbons (Fsp3) is 0.250. The van der Waals surface area contributed by atoms with Gasteiger partial charge in [0.05, 0.1) is 12.7 Å². The van der Waals surface area contributed by atoms with Gasteiger partial charge in [-0.2, -0.15) is 0 Å². The third-order valence-corrected chi connectivity index (χ3v) is 2.00. The summed E-state index contributed by atoms with van der Waals surface area (Å²) in [5, 5.41) is 17.9. The topological polar surface area (TPSA) is 79.7 Å². The molecule has 1 rings (SSSR count). The summed E-state index contributed by atoms with van der Waals surface area (Å²) in [6.45, 7) is 0. The van der Waals surface area contributed by atoms with E-state index >= 15 is 0 Å². The second-order valence-electron chi connectivity index (χ2n) is 2.49. The van der Waals surface area contributed by atoms with Crippen molar-refractivity contribution in [3.8, 4) is 5.88 Å². The van der Waals surface area contributed by atoms with Gasteiger partial charge in [-0.25, -0.2) is 9.78 Å². The Morgan fingerprint density at radius 2 is 2.36 bits per heavy atom. The maximum atomic E-state index is 10.5. The summed E-state index contributed by atoms with van der Waals surface area (Å²) in [6.07, 6.45) is -0.174.